The minimum Gasteiger partial charge on any atom is -0.444 e. The molecule has 1 saturated heterocycles. The van der Waals surface area contributed by atoms with Crippen LogP contribution in [-0.2, 0) is 11.2 Å². The summed E-state index contributed by atoms with van der Waals surface area (Å²) in [4.78, 5) is 19.8. The first-order chi connectivity index (χ1) is 9.78. The number of nitrogens with zero attached hydrogens (tertiary/aromatic N) is 4. The molecule has 118 valence electrons. The number of aromatic nitrogens is 2. The van der Waals surface area contributed by atoms with Gasteiger partial charge in [-0.3, -0.25) is 0 Å². The Kier molecular flexibility index (Phi) is 4.39. The van der Waals surface area contributed by atoms with Crippen molar-refractivity contribution in [2.75, 3.05) is 31.6 Å². The van der Waals surface area contributed by atoms with Crippen molar-refractivity contribution in [2.24, 2.45) is 5.92 Å². The largest absolute Gasteiger partial charge is 0.444 e. The van der Waals surface area contributed by atoms with Crippen LogP contribution in [0.25, 0.3) is 0 Å². The molecule has 1 aromatic heterocycles. The highest BCUT2D eigenvalue weighted by atomic mass is 16.6. The van der Waals surface area contributed by atoms with Crippen LogP contribution in [0.15, 0.2) is 4.52 Å². The number of hydrogen-bond acceptors (Lipinski definition) is 6. The van der Waals surface area contributed by atoms with Gasteiger partial charge < -0.3 is 19.1 Å². The predicted molar refractivity (Wildman–Crippen MR) is 78.2 cm³/mol. The fourth-order valence-electron chi connectivity index (χ4n) is 2.05. The lowest BCUT2D eigenvalue weighted by Gasteiger charge is -2.39. The van der Waals surface area contributed by atoms with E-state index in [1.54, 1.807) is 4.90 Å². The third kappa shape index (κ3) is 4.09. The van der Waals surface area contributed by atoms with Crippen molar-refractivity contribution in [3.63, 3.8) is 0 Å². The van der Waals surface area contributed by atoms with Crippen LogP contribution in [0.4, 0.5) is 10.7 Å². The zero-order chi connectivity index (χ0) is 15.6. The lowest BCUT2D eigenvalue weighted by Crippen LogP contribution is -2.52. The van der Waals surface area contributed by atoms with Crippen molar-refractivity contribution >= 4 is 12.0 Å². The van der Waals surface area contributed by atoms with E-state index >= 15 is 0 Å². The summed E-state index contributed by atoms with van der Waals surface area (Å²) in [6, 6.07) is 0. The normalized spacial score (nSPS) is 15.8. The van der Waals surface area contributed by atoms with Gasteiger partial charge in [-0.2, -0.15) is 4.98 Å². The molecule has 1 aliphatic heterocycles. The zero-order valence-electron chi connectivity index (χ0n) is 13.4. The van der Waals surface area contributed by atoms with E-state index in [0.29, 0.717) is 37.3 Å². The van der Waals surface area contributed by atoms with E-state index in [4.69, 9.17) is 9.26 Å². The van der Waals surface area contributed by atoms with E-state index in [0.717, 1.165) is 6.54 Å². The Morgan fingerprint density at radius 3 is 2.71 bits per heavy atom. The van der Waals surface area contributed by atoms with E-state index < -0.39 is 5.60 Å². The molecule has 0 aromatic carbocycles. The Balaban J connectivity index is 1.78. The molecule has 1 aliphatic rings. The van der Waals surface area contributed by atoms with Crippen molar-refractivity contribution in [2.45, 2.75) is 39.7 Å². The predicted octanol–water partition coefficient (Wildman–Crippen LogP) is 1.94. The summed E-state index contributed by atoms with van der Waals surface area (Å²) < 4.78 is 10.6. The highest BCUT2D eigenvalue weighted by Crippen LogP contribution is 2.23. The standard InChI is InChI=1S/C14H24N4O3/c1-6-17(5)12-15-11(21-16-12)7-10-8-18(9-10)13(19)20-14(2,3)4/h10H,6-9H2,1-5H3. The number of carbonyl (C=O) groups excluding carboxylic acids is 1. The first-order valence-electron chi connectivity index (χ1n) is 7.30. The van der Waals surface area contributed by atoms with Gasteiger partial charge in [-0.05, 0) is 32.9 Å². The molecule has 7 heteroatoms. The smallest absolute Gasteiger partial charge is 0.410 e. The summed E-state index contributed by atoms with van der Waals surface area (Å²) in [5.41, 5.74) is -0.450. The van der Waals surface area contributed by atoms with Crippen LogP contribution in [-0.4, -0.2) is 53.4 Å². The van der Waals surface area contributed by atoms with E-state index in [1.807, 2.05) is 39.6 Å². The highest BCUT2D eigenvalue weighted by Gasteiger charge is 2.34. The van der Waals surface area contributed by atoms with Crippen molar-refractivity contribution in [1.82, 2.24) is 15.0 Å². The monoisotopic (exact) mass is 296 g/mol. The van der Waals surface area contributed by atoms with Crippen LogP contribution in [0.5, 0.6) is 0 Å². The fraction of sp³-hybridized carbons (Fsp3) is 0.786. The van der Waals surface area contributed by atoms with Crippen molar-refractivity contribution in [3.8, 4) is 0 Å². The number of likely N-dealkylation sites (tertiary alicyclic amines) is 1. The minimum absolute atomic E-state index is 0.254. The highest BCUT2D eigenvalue weighted by molar-refractivity contribution is 5.69. The van der Waals surface area contributed by atoms with E-state index in [2.05, 4.69) is 10.1 Å². The van der Waals surface area contributed by atoms with Crippen LogP contribution in [0.2, 0.25) is 0 Å². The van der Waals surface area contributed by atoms with Crippen LogP contribution in [0.1, 0.15) is 33.6 Å². The molecule has 0 atom stereocenters. The Bertz CT molecular complexity index is 489. The van der Waals surface area contributed by atoms with E-state index in [-0.39, 0.29) is 6.09 Å². The Morgan fingerprint density at radius 2 is 2.14 bits per heavy atom. The maximum Gasteiger partial charge on any atom is 0.410 e. The average molecular weight is 296 g/mol. The Hall–Kier alpha value is -1.79. The maximum absolute atomic E-state index is 11.8. The Labute approximate surface area is 125 Å². The van der Waals surface area contributed by atoms with E-state index in [1.165, 1.54) is 0 Å². The second kappa shape index (κ2) is 5.91. The molecule has 0 spiro atoms. The SMILES string of the molecule is CCN(C)c1noc(CC2CN(C(=O)OC(C)(C)C)C2)n1. The van der Waals surface area contributed by atoms with Crippen LogP contribution in [0.3, 0.4) is 0 Å². The van der Waals surface area contributed by atoms with E-state index in [9.17, 15) is 4.79 Å². The molecule has 21 heavy (non-hydrogen) atoms. The molecule has 1 fully saturated rings. The summed E-state index contributed by atoms with van der Waals surface area (Å²) in [7, 11) is 1.92. The summed E-state index contributed by atoms with van der Waals surface area (Å²) in [6.45, 7) is 9.81. The summed E-state index contributed by atoms with van der Waals surface area (Å²) in [5, 5.41) is 3.94. The quantitative estimate of drug-likeness (QED) is 0.845. The number of ether oxygens (including phenoxy) is 1. The van der Waals surface area contributed by atoms with Gasteiger partial charge in [0.2, 0.25) is 5.89 Å². The van der Waals surface area contributed by atoms with Gasteiger partial charge in [-0.25, -0.2) is 4.79 Å². The lowest BCUT2D eigenvalue weighted by atomic mass is 9.97. The first-order valence-corrected chi connectivity index (χ1v) is 7.30. The number of amides is 1. The molecule has 0 bridgehead atoms. The molecule has 0 aliphatic carbocycles. The topological polar surface area (TPSA) is 71.7 Å². The molecule has 0 N–H and O–H groups in total. The first kappa shape index (κ1) is 15.6. The van der Waals surface area contributed by atoms with Gasteiger partial charge in [-0.1, -0.05) is 0 Å². The van der Waals surface area contributed by atoms with Gasteiger partial charge in [0.1, 0.15) is 5.60 Å². The number of hydrogen-bond donors (Lipinski definition) is 0. The molecule has 0 saturated carbocycles. The van der Waals surface area contributed by atoms with Gasteiger partial charge in [-0.15, -0.1) is 0 Å². The molecule has 0 radical (unpaired) electrons. The van der Waals surface area contributed by atoms with Crippen LogP contribution >= 0.6 is 0 Å². The molecule has 7 nitrogen and oxygen atoms in total. The molecular formula is C14H24N4O3. The van der Waals surface area contributed by atoms with Crippen molar-refractivity contribution in [1.29, 1.82) is 0 Å². The third-order valence-corrected chi connectivity index (χ3v) is 3.35. The molecular weight excluding hydrogens is 272 g/mol. The summed E-state index contributed by atoms with van der Waals surface area (Å²) >= 11 is 0. The van der Waals surface area contributed by atoms with Gasteiger partial charge in [0.25, 0.3) is 5.95 Å². The molecule has 1 aromatic rings. The molecule has 2 heterocycles. The summed E-state index contributed by atoms with van der Waals surface area (Å²) in [5.74, 6) is 1.59. The van der Waals surface area contributed by atoms with Gasteiger partial charge in [0.05, 0.1) is 0 Å². The van der Waals surface area contributed by atoms with Crippen molar-refractivity contribution < 1.29 is 14.1 Å². The number of anilines is 1. The third-order valence-electron chi connectivity index (χ3n) is 3.35. The zero-order valence-corrected chi connectivity index (χ0v) is 13.4. The fourth-order valence-corrected chi connectivity index (χ4v) is 2.05. The lowest BCUT2D eigenvalue weighted by molar-refractivity contribution is -0.00186. The second-order valence-electron chi connectivity index (χ2n) is 6.46. The number of carbonyl (C=O) groups is 1. The van der Waals surface area contributed by atoms with Gasteiger partial charge in [0.15, 0.2) is 0 Å². The number of rotatable bonds is 4. The van der Waals surface area contributed by atoms with Crippen LogP contribution in [0, 0.1) is 5.92 Å². The second-order valence-corrected chi connectivity index (χ2v) is 6.46. The van der Waals surface area contributed by atoms with Crippen molar-refractivity contribution in [3.05, 3.63) is 5.89 Å². The maximum atomic E-state index is 11.8. The van der Waals surface area contributed by atoms with Gasteiger partial charge >= 0.3 is 6.09 Å². The summed E-state index contributed by atoms with van der Waals surface area (Å²) in [6.07, 6.45) is 0.444. The minimum atomic E-state index is -0.450. The van der Waals surface area contributed by atoms with Gasteiger partial charge in [0, 0.05) is 39.0 Å². The average Bonchev–Trinajstić information content (AvgIpc) is 2.78. The van der Waals surface area contributed by atoms with Crippen LogP contribution < -0.4 is 4.90 Å². The molecule has 1 amide bonds. The molecule has 2 rings (SSSR count). The Morgan fingerprint density at radius 1 is 1.48 bits per heavy atom. The molecule has 0 unspecified atom stereocenters.